The quantitative estimate of drug-likeness (QED) is 0.626. The Morgan fingerprint density at radius 3 is 2.60 bits per heavy atom. The third-order valence-electron chi connectivity index (χ3n) is 1.20. The van der Waals surface area contributed by atoms with E-state index < -0.39 is 11.6 Å². The second kappa shape index (κ2) is 2.75. The van der Waals surface area contributed by atoms with Gasteiger partial charge in [0.25, 0.3) is 0 Å². The molecule has 53 valence electrons. The van der Waals surface area contributed by atoms with E-state index in [1.807, 2.05) is 0 Å². The monoisotopic (exact) mass is 142 g/mol. The first kappa shape index (κ1) is 7.15. The lowest BCUT2D eigenvalue weighted by atomic mass is 10.2. The largest absolute Gasteiger partial charge is 0.326 e. The van der Waals surface area contributed by atoms with Crippen molar-refractivity contribution in [3.63, 3.8) is 0 Å². The van der Waals surface area contributed by atoms with Crippen molar-refractivity contribution in [2.24, 2.45) is 5.73 Å². The predicted molar refractivity (Wildman–Crippen MR) is 33.1 cm³/mol. The summed E-state index contributed by atoms with van der Waals surface area (Å²) >= 11 is 0. The fourth-order valence-corrected chi connectivity index (χ4v) is 0.668. The van der Waals surface area contributed by atoms with Gasteiger partial charge in [-0.3, -0.25) is 0 Å². The van der Waals surface area contributed by atoms with E-state index in [1.165, 1.54) is 6.07 Å². The second-order valence-corrected chi connectivity index (χ2v) is 1.82. The zero-order valence-corrected chi connectivity index (χ0v) is 5.20. The molecule has 0 fully saturated rings. The Bertz CT molecular complexity index is 215. The second-order valence-electron chi connectivity index (χ2n) is 1.82. The molecule has 0 saturated carbocycles. The van der Waals surface area contributed by atoms with Crippen LogP contribution in [-0.4, -0.2) is 0 Å². The van der Waals surface area contributed by atoms with E-state index in [4.69, 9.17) is 5.73 Å². The topological polar surface area (TPSA) is 26.0 Å². The highest BCUT2D eigenvalue weighted by Crippen LogP contribution is 2.09. The number of halogens is 2. The lowest BCUT2D eigenvalue weighted by Gasteiger charge is -1.98. The lowest BCUT2D eigenvalue weighted by Crippen LogP contribution is -2.02. The van der Waals surface area contributed by atoms with E-state index >= 15 is 0 Å². The minimum atomic E-state index is -0.706. The van der Waals surface area contributed by atoms with Crippen LogP contribution in [0, 0.1) is 17.7 Å². The van der Waals surface area contributed by atoms with Gasteiger partial charge in [0, 0.05) is 18.2 Å². The van der Waals surface area contributed by atoms with Crippen LogP contribution in [0.4, 0.5) is 8.78 Å². The fourth-order valence-electron chi connectivity index (χ4n) is 0.668. The molecule has 0 atom stereocenters. The average molecular weight is 142 g/mol. The molecule has 1 aromatic carbocycles. The predicted octanol–water partition coefficient (Wildman–Crippen LogP) is 1.22. The van der Waals surface area contributed by atoms with Gasteiger partial charge in [0.15, 0.2) is 0 Å². The SMILES string of the molecule is NCc1c(F)[c]ccc1F. The van der Waals surface area contributed by atoms with Crippen LogP contribution >= 0.6 is 0 Å². The average Bonchev–Trinajstić information content (AvgIpc) is 1.88. The molecular weight excluding hydrogens is 136 g/mol. The van der Waals surface area contributed by atoms with Gasteiger partial charge in [-0.2, -0.15) is 0 Å². The van der Waals surface area contributed by atoms with Crippen LogP contribution in [0.1, 0.15) is 5.56 Å². The molecule has 3 heteroatoms. The minimum absolute atomic E-state index is 0.109. The number of benzene rings is 1. The number of hydrogen-bond acceptors (Lipinski definition) is 1. The first-order valence-electron chi connectivity index (χ1n) is 2.80. The summed E-state index contributed by atoms with van der Waals surface area (Å²) < 4.78 is 25.0. The van der Waals surface area contributed by atoms with Crippen LogP contribution in [0.3, 0.4) is 0 Å². The smallest absolute Gasteiger partial charge is 0.138 e. The summed E-state index contributed by atoms with van der Waals surface area (Å²) in [5, 5.41) is 0. The Labute approximate surface area is 57.5 Å². The molecule has 0 aliphatic heterocycles. The number of rotatable bonds is 1. The number of nitrogens with two attached hydrogens (primary N) is 1. The van der Waals surface area contributed by atoms with E-state index in [2.05, 4.69) is 6.07 Å². The van der Waals surface area contributed by atoms with E-state index in [-0.39, 0.29) is 12.1 Å². The van der Waals surface area contributed by atoms with E-state index in [9.17, 15) is 8.78 Å². The van der Waals surface area contributed by atoms with Crippen molar-refractivity contribution in [3.8, 4) is 0 Å². The van der Waals surface area contributed by atoms with Gasteiger partial charge in [-0.25, -0.2) is 8.78 Å². The molecule has 0 spiro atoms. The zero-order chi connectivity index (χ0) is 7.56. The maximum absolute atomic E-state index is 12.5. The molecule has 0 saturated heterocycles. The third kappa shape index (κ3) is 1.14. The van der Waals surface area contributed by atoms with Crippen molar-refractivity contribution in [2.45, 2.75) is 6.54 Å². The maximum Gasteiger partial charge on any atom is 0.138 e. The molecule has 1 radical (unpaired) electrons. The summed E-state index contributed by atoms with van der Waals surface area (Å²) in [7, 11) is 0. The molecule has 1 rings (SSSR count). The summed E-state index contributed by atoms with van der Waals surface area (Å²) in [6.07, 6.45) is 0. The van der Waals surface area contributed by atoms with E-state index in [1.54, 1.807) is 0 Å². The Kier molecular flexibility index (Phi) is 1.97. The molecule has 0 aliphatic carbocycles. The molecule has 0 amide bonds. The first-order valence-corrected chi connectivity index (χ1v) is 2.80. The van der Waals surface area contributed by atoms with Crippen molar-refractivity contribution in [1.82, 2.24) is 0 Å². The highest BCUT2D eigenvalue weighted by atomic mass is 19.1. The summed E-state index contributed by atoms with van der Waals surface area (Å²) in [4.78, 5) is 0. The Balaban J connectivity index is 3.17. The summed E-state index contributed by atoms with van der Waals surface area (Å²) in [6, 6.07) is 4.52. The van der Waals surface area contributed by atoms with Crippen molar-refractivity contribution < 1.29 is 8.78 Å². The van der Waals surface area contributed by atoms with E-state index in [0.717, 1.165) is 6.07 Å². The molecule has 0 aliphatic rings. The first-order chi connectivity index (χ1) is 4.75. The summed E-state index contributed by atoms with van der Waals surface area (Å²) in [5.74, 6) is -1.32. The van der Waals surface area contributed by atoms with Crippen LogP contribution in [0.15, 0.2) is 12.1 Å². The van der Waals surface area contributed by atoms with Crippen LogP contribution in [-0.2, 0) is 6.54 Å². The van der Waals surface area contributed by atoms with Crippen LogP contribution in [0.2, 0.25) is 0 Å². The van der Waals surface area contributed by atoms with Gasteiger partial charge in [-0.1, -0.05) is 0 Å². The minimum Gasteiger partial charge on any atom is -0.326 e. The molecule has 2 N–H and O–H groups in total. The van der Waals surface area contributed by atoms with Crippen LogP contribution in [0.5, 0.6) is 0 Å². The molecular formula is C7H6F2N. The third-order valence-corrected chi connectivity index (χ3v) is 1.20. The van der Waals surface area contributed by atoms with Gasteiger partial charge < -0.3 is 5.73 Å². The van der Waals surface area contributed by atoms with E-state index in [0.29, 0.717) is 0 Å². The standard InChI is InChI=1S/C7H6F2N/c8-6-2-1-3-7(9)5(6)4-10/h1-2H,4,10H2. The van der Waals surface area contributed by atoms with Gasteiger partial charge in [0.05, 0.1) is 0 Å². The molecule has 0 bridgehead atoms. The Morgan fingerprint density at radius 2 is 2.20 bits per heavy atom. The fraction of sp³-hybridized carbons (Fsp3) is 0.143. The van der Waals surface area contributed by atoms with Gasteiger partial charge >= 0.3 is 0 Å². The maximum atomic E-state index is 12.5. The van der Waals surface area contributed by atoms with Crippen LogP contribution < -0.4 is 5.73 Å². The van der Waals surface area contributed by atoms with Crippen molar-refractivity contribution in [2.75, 3.05) is 0 Å². The molecule has 0 aromatic heterocycles. The van der Waals surface area contributed by atoms with Crippen molar-refractivity contribution >= 4 is 0 Å². The molecule has 1 nitrogen and oxygen atoms in total. The summed E-state index contributed by atoms with van der Waals surface area (Å²) in [6.45, 7) is -0.130. The zero-order valence-electron chi connectivity index (χ0n) is 5.20. The van der Waals surface area contributed by atoms with Crippen molar-refractivity contribution in [1.29, 1.82) is 0 Å². The van der Waals surface area contributed by atoms with Gasteiger partial charge in [0.1, 0.15) is 11.6 Å². The molecule has 1 aromatic rings. The highest BCUT2D eigenvalue weighted by Gasteiger charge is 2.04. The molecule has 0 heterocycles. The normalized spacial score (nSPS) is 9.90. The van der Waals surface area contributed by atoms with Crippen molar-refractivity contribution in [3.05, 3.63) is 35.4 Å². The number of hydrogen-bond donors (Lipinski definition) is 1. The van der Waals surface area contributed by atoms with Gasteiger partial charge in [0.2, 0.25) is 0 Å². The lowest BCUT2D eigenvalue weighted by molar-refractivity contribution is 0.555. The summed E-state index contributed by atoms with van der Waals surface area (Å²) in [5.41, 5.74) is 4.94. The van der Waals surface area contributed by atoms with Gasteiger partial charge in [-0.15, -0.1) is 0 Å². The Hall–Kier alpha value is -0.960. The van der Waals surface area contributed by atoms with Gasteiger partial charge in [-0.05, 0) is 12.1 Å². The highest BCUT2D eigenvalue weighted by molar-refractivity contribution is 5.17. The Morgan fingerprint density at radius 1 is 1.50 bits per heavy atom. The molecule has 10 heavy (non-hydrogen) atoms. The molecule has 0 unspecified atom stereocenters. The van der Waals surface area contributed by atoms with Crippen LogP contribution in [0.25, 0.3) is 0 Å².